The number of carbonyl (C=O) groups is 1. The van der Waals surface area contributed by atoms with Crippen LogP contribution in [0.25, 0.3) is 0 Å². The summed E-state index contributed by atoms with van der Waals surface area (Å²) in [5, 5.41) is 9.62. The number of aromatic nitrogens is 1. The van der Waals surface area contributed by atoms with Gasteiger partial charge in [-0.1, -0.05) is 29.8 Å². The smallest absolute Gasteiger partial charge is 0.320 e. The maximum absolute atomic E-state index is 11.7. The van der Waals surface area contributed by atoms with Crippen molar-refractivity contribution < 1.29 is 9.90 Å². The Morgan fingerprint density at radius 1 is 1.21 bits per heavy atom. The minimum Gasteiger partial charge on any atom is -0.480 e. The molecule has 0 radical (unpaired) electrons. The molecule has 2 aromatic rings. The highest BCUT2D eigenvalue weighted by molar-refractivity contribution is 5.74. The summed E-state index contributed by atoms with van der Waals surface area (Å²) in [7, 11) is 0. The summed E-state index contributed by atoms with van der Waals surface area (Å²) in [6, 6.07) is 9.88. The monoisotopic (exact) mass is 324 g/mol. The molecule has 24 heavy (non-hydrogen) atoms. The molecule has 0 aliphatic carbocycles. The van der Waals surface area contributed by atoms with Crippen LogP contribution in [0, 0.1) is 20.8 Å². The number of aryl methyl sites for hydroxylation is 3. The van der Waals surface area contributed by atoms with Crippen molar-refractivity contribution in [3.63, 3.8) is 0 Å². The molecule has 0 bridgehead atoms. The van der Waals surface area contributed by atoms with Gasteiger partial charge < -0.3 is 5.11 Å². The lowest BCUT2D eigenvalue weighted by Crippen LogP contribution is -2.39. The minimum absolute atomic E-state index is 0.116. The van der Waals surface area contributed by atoms with E-state index in [9.17, 15) is 9.90 Å². The van der Waals surface area contributed by atoms with Crippen LogP contribution in [0.3, 0.4) is 0 Å². The summed E-state index contributed by atoms with van der Waals surface area (Å²) >= 11 is 0. The Balaban J connectivity index is 2.10. The molecule has 1 N–H and O–H groups in total. The van der Waals surface area contributed by atoms with Crippen LogP contribution in [0.1, 0.15) is 46.8 Å². The number of likely N-dealkylation sites (tertiary alicyclic amines) is 1. The summed E-state index contributed by atoms with van der Waals surface area (Å²) in [6.07, 6.45) is 3.46. The van der Waals surface area contributed by atoms with Gasteiger partial charge in [-0.15, -0.1) is 0 Å². The van der Waals surface area contributed by atoms with Gasteiger partial charge in [0.05, 0.1) is 11.7 Å². The fourth-order valence-electron chi connectivity index (χ4n) is 3.64. The minimum atomic E-state index is -0.741. The number of aliphatic carboxylic acids is 1. The van der Waals surface area contributed by atoms with Crippen molar-refractivity contribution in [2.24, 2.45) is 0 Å². The molecule has 1 aliphatic rings. The molecule has 126 valence electrons. The first-order valence-corrected chi connectivity index (χ1v) is 8.45. The van der Waals surface area contributed by atoms with Crippen LogP contribution in [-0.2, 0) is 4.79 Å². The van der Waals surface area contributed by atoms with Crippen molar-refractivity contribution in [2.75, 3.05) is 6.54 Å². The first-order valence-electron chi connectivity index (χ1n) is 8.45. The van der Waals surface area contributed by atoms with E-state index in [1.807, 2.05) is 25.3 Å². The molecule has 1 fully saturated rings. The zero-order valence-electron chi connectivity index (χ0n) is 14.5. The molecule has 3 rings (SSSR count). The van der Waals surface area contributed by atoms with E-state index in [2.05, 4.69) is 41.9 Å². The summed E-state index contributed by atoms with van der Waals surface area (Å²) < 4.78 is 0. The van der Waals surface area contributed by atoms with Crippen molar-refractivity contribution >= 4 is 5.97 Å². The van der Waals surface area contributed by atoms with Gasteiger partial charge in [-0.05, 0) is 56.4 Å². The summed E-state index contributed by atoms with van der Waals surface area (Å²) in [6.45, 7) is 6.96. The van der Waals surface area contributed by atoms with Gasteiger partial charge in [0.25, 0.3) is 0 Å². The standard InChI is InChI=1S/C20H24N2O2/c1-13-6-8-16(15(3)11-13)19(17-9-7-14(2)12-21-17)22-10-4-5-18(22)20(23)24/h6-9,11-12,18-19H,4-5,10H2,1-3H3,(H,23,24). The highest BCUT2D eigenvalue weighted by Gasteiger charge is 2.37. The zero-order valence-corrected chi connectivity index (χ0v) is 14.5. The van der Waals surface area contributed by atoms with Crippen molar-refractivity contribution in [1.82, 2.24) is 9.88 Å². The second-order valence-electron chi connectivity index (χ2n) is 6.76. The normalized spacial score (nSPS) is 19.4. The Kier molecular flexibility index (Phi) is 4.67. The molecule has 2 atom stereocenters. The molecule has 4 nitrogen and oxygen atoms in total. The molecular weight excluding hydrogens is 300 g/mol. The first kappa shape index (κ1) is 16.7. The molecule has 0 amide bonds. The number of benzene rings is 1. The highest BCUT2D eigenvalue weighted by Crippen LogP contribution is 2.35. The van der Waals surface area contributed by atoms with E-state index in [4.69, 9.17) is 0 Å². The van der Waals surface area contributed by atoms with Gasteiger partial charge in [0.15, 0.2) is 0 Å². The number of hydrogen-bond acceptors (Lipinski definition) is 3. The fraction of sp³-hybridized carbons (Fsp3) is 0.400. The van der Waals surface area contributed by atoms with Gasteiger partial charge in [0, 0.05) is 12.7 Å². The number of nitrogens with zero attached hydrogens (tertiary/aromatic N) is 2. The van der Waals surface area contributed by atoms with Crippen molar-refractivity contribution in [2.45, 2.75) is 45.7 Å². The van der Waals surface area contributed by atoms with Crippen LogP contribution in [0.2, 0.25) is 0 Å². The average Bonchev–Trinajstić information content (AvgIpc) is 3.01. The van der Waals surface area contributed by atoms with Crippen LogP contribution in [0.4, 0.5) is 0 Å². The Bertz CT molecular complexity index is 740. The van der Waals surface area contributed by atoms with Gasteiger partial charge >= 0.3 is 5.97 Å². The Labute approximate surface area is 143 Å². The second kappa shape index (κ2) is 6.73. The topological polar surface area (TPSA) is 53.4 Å². The Hall–Kier alpha value is -2.20. The molecule has 1 aromatic carbocycles. The third-order valence-electron chi connectivity index (χ3n) is 4.85. The molecule has 1 aliphatic heterocycles. The van der Waals surface area contributed by atoms with Crippen molar-refractivity contribution in [1.29, 1.82) is 0 Å². The number of rotatable bonds is 4. The van der Waals surface area contributed by atoms with Gasteiger partial charge in [0.1, 0.15) is 6.04 Å². The van der Waals surface area contributed by atoms with Crippen LogP contribution in [0.5, 0.6) is 0 Å². The van der Waals surface area contributed by atoms with Crippen molar-refractivity contribution in [3.05, 3.63) is 64.5 Å². The lowest BCUT2D eigenvalue weighted by molar-refractivity contribution is -0.142. The number of carboxylic acid groups (broad SMARTS) is 1. The van der Waals surface area contributed by atoms with Crippen LogP contribution in [0.15, 0.2) is 36.5 Å². The Morgan fingerprint density at radius 3 is 2.58 bits per heavy atom. The summed E-state index contributed by atoms with van der Waals surface area (Å²) in [5.41, 5.74) is 5.56. The van der Waals surface area contributed by atoms with Gasteiger partial charge in [0.2, 0.25) is 0 Å². The van der Waals surface area contributed by atoms with E-state index < -0.39 is 12.0 Å². The van der Waals surface area contributed by atoms with E-state index in [0.717, 1.165) is 29.8 Å². The molecule has 2 heterocycles. The molecule has 4 heteroatoms. The summed E-state index contributed by atoms with van der Waals surface area (Å²) in [5.74, 6) is -0.741. The summed E-state index contributed by atoms with van der Waals surface area (Å²) in [4.78, 5) is 18.4. The van der Waals surface area contributed by atoms with Gasteiger partial charge in [-0.2, -0.15) is 0 Å². The highest BCUT2D eigenvalue weighted by atomic mass is 16.4. The van der Waals surface area contributed by atoms with Crippen LogP contribution in [-0.4, -0.2) is 33.5 Å². The number of pyridine rings is 1. The lowest BCUT2D eigenvalue weighted by Gasteiger charge is -2.32. The maximum Gasteiger partial charge on any atom is 0.320 e. The molecule has 1 saturated heterocycles. The van der Waals surface area contributed by atoms with Gasteiger partial charge in [-0.25, -0.2) is 0 Å². The fourth-order valence-corrected chi connectivity index (χ4v) is 3.64. The van der Waals surface area contributed by atoms with E-state index >= 15 is 0 Å². The van der Waals surface area contributed by atoms with E-state index in [1.54, 1.807) is 0 Å². The van der Waals surface area contributed by atoms with E-state index in [0.29, 0.717) is 6.42 Å². The predicted octanol–water partition coefficient (Wildman–Crippen LogP) is 3.65. The molecule has 0 spiro atoms. The van der Waals surface area contributed by atoms with Gasteiger partial charge in [-0.3, -0.25) is 14.7 Å². The molecular formula is C20H24N2O2. The lowest BCUT2D eigenvalue weighted by atomic mass is 9.94. The third-order valence-corrected chi connectivity index (χ3v) is 4.85. The van der Waals surface area contributed by atoms with Crippen molar-refractivity contribution in [3.8, 4) is 0 Å². The largest absolute Gasteiger partial charge is 0.480 e. The zero-order chi connectivity index (χ0) is 17.3. The maximum atomic E-state index is 11.7. The Morgan fingerprint density at radius 2 is 1.96 bits per heavy atom. The average molecular weight is 324 g/mol. The van der Waals surface area contributed by atoms with Crippen LogP contribution >= 0.6 is 0 Å². The molecule has 0 saturated carbocycles. The van der Waals surface area contributed by atoms with E-state index in [-0.39, 0.29) is 6.04 Å². The number of hydrogen-bond donors (Lipinski definition) is 1. The predicted molar refractivity (Wildman–Crippen MR) is 94.1 cm³/mol. The number of carboxylic acids is 1. The SMILES string of the molecule is Cc1ccc(C(c2ccc(C)cc2C)N2CCCC2C(=O)O)nc1. The van der Waals surface area contributed by atoms with E-state index in [1.165, 1.54) is 11.1 Å². The first-order chi connectivity index (χ1) is 11.5. The second-order valence-corrected chi connectivity index (χ2v) is 6.76. The van der Waals surface area contributed by atoms with Crippen LogP contribution < -0.4 is 0 Å². The quantitative estimate of drug-likeness (QED) is 0.933. The third kappa shape index (κ3) is 3.20. The molecule has 2 unspecified atom stereocenters. The molecule has 1 aromatic heterocycles.